The van der Waals surface area contributed by atoms with Gasteiger partial charge in [0, 0.05) is 4.47 Å². The number of benzene rings is 2. The minimum absolute atomic E-state index is 0.341. The lowest BCUT2D eigenvalue weighted by Gasteiger charge is -2.07. The third kappa shape index (κ3) is 1.63. The molecular weight excluding hydrogens is 256 g/mol. The molecule has 2 aromatic rings. The maximum absolute atomic E-state index is 11.1. The Bertz CT molecular complexity index is 547. The van der Waals surface area contributed by atoms with Gasteiger partial charge in [0.15, 0.2) is 0 Å². The molecule has 0 radical (unpaired) electrons. The molecule has 0 saturated heterocycles. The van der Waals surface area contributed by atoms with Crippen LogP contribution >= 0.6 is 15.9 Å². The summed E-state index contributed by atoms with van der Waals surface area (Å²) in [4.78, 5) is 11.1. The highest BCUT2D eigenvalue weighted by molar-refractivity contribution is 9.10. The van der Waals surface area contributed by atoms with Gasteiger partial charge in [0.05, 0.1) is 5.56 Å². The predicted molar refractivity (Wildman–Crippen MR) is 63.3 cm³/mol. The highest BCUT2D eigenvalue weighted by Crippen LogP contribution is 2.30. The molecule has 2 aromatic carbocycles. The van der Waals surface area contributed by atoms with E-state index in [1.165, 1.54) is 0 Å². The van der Waals surface area contributed by atoms with Crippen LogP contribution < -0.4 is 0 Å². The second kappa shape index (κ2) is 3.66. The summed E-state index contributed by atoms with van der Waals surface area (Å²) in [7, 11) is 0. The molecule has 0 unspecified atom stereocenters. The van der Waals surface area contributed by atoms with E-state index < -0.39 is 5.97 Å². The van der Waals surface area contributed by atoms with Crippen molar-refractivity contribution in [2.75, 3.05) is 0 Å². The van der Waals surface area contributed by atoms with E-state index in [1.807, 2.05) is 30.3 Å². The molecule has 0 atom stereocenters. The summed E-state index contributed by atoms with van der Waals surface area (Å²) in [5.74, 6) is -0.898. The Kier molecular flexibility index (Phi) is 2.49. The topological polar surface area (TPSA) is 37.3 Å². The van der Waals surface area contributed by atoms with Crippen molar-refractivity contribution < 1.29 is 9.90 Å². The minimum atomic E-state index is -0.898. The van der Waals surface area contributed by atoms with Gasteiger partial charge in [-0.25, -0.2) is 4.79 Å². The van der Waals surface area contributed by atoms with Crippen molar-refractivity contribution in [2.24, 2.45) is 0 Å². The van der Waals surface area contributed by atoms with Crippen molar-refractivity contribution >= 4 is 32.7 Å². The quantitative estimate of drug-likeness (QED) is 0.855. The largest absolute Gasteiger partial charge is 0.478 e. The number of carboxylic acids is 1. The van der Waals surface area contributed by atoms with Crippen molar-refractivity contribution in [3.05, 3.63) is 45.9 Å². The number of aryl methyl sites for hydroxylation is 1. The van der Waals surface area contributed by atoms with Crippen LogP contribution in [-0.4, -0.2) is 11.1 Å². The number of hydrogen-bond acceptors (Lipinski definition) is 1. The normalized spacial score (nSPS) is 10.5. The third-order valence-electron chi connectivity index (χ3n) is 2.40. The zero-order valence-corrected chi connectivity index (χ0v) is 9.71. The Morgan fingerprint density at radius 2 is 2.00 bits per heavy atom. The van der Waals surface area contributed by atoms with Crippen molar-refractivity contribution in [1.82, 2.24) is 0 Å². The maximum atomic E-state index is 11.1. The number of carboxylic acid groups (broad SMARTS) is 1. The zero-order chi connectivity index (χ0) is 11.0. The second-order valence-electron chi connectivity index (χ2n) is 3.41. The van der Waals surface area contributed by atoms with Gasteiger partial charge in [0.1, 0.15) is 0 Å². The molecule has 0 heterocycles. The Morgan fingerprint density at radius 3 is 2.67 bits per heavy atom. The van der Waals surface area contributed by atoms with Gasteiger partial charge in [-0.05, 0) is 39.2 Å². The van der Waals surface area contributed by atoms with Crippen LogP contribution in [-0.2, 0) is 0 Å². The summed E-state index contributed by atoms with van der Waals surface area (Å²) in [6.07, 6.45) is 0. The van der Waals surface area contributed by atoms with E-state index in [4.69, 9.17) is 5.11 Å². The van der Waals surface area contributed by atoms with Crippen LogP contribution in [0.25, 0.3) is 10.8 Å². The van der Waals surface area contributed by atoms with Gasteiger partial charge in [-0.15, -0.1) is 0 Å². The standard InChI is InChI=1S/C12H9BrO2/c1-7-6-8-4-2-3-5-9(8)11(13)10(7)12(14)15/h2-6H,1H3,(H,14,15). The second-order valence-corrected chi connectivity index (χ2v) is 4.20. The third-order valence-corrected chi connectivity index (χ3v) is 3.22. The monoisotopic (exact) mass is 264 g/mol. The van der Waals surface area contributed by atoms with Crippen LogP contribution in [0, 0.1) is 6.92 Å². The van der Waals surface area contributed by atoms with E-state index in [0.717, 1.165) is 16.3 Å². The number of hydrogen-bond donors (Lipinski definition) is 1. The molecule has 0 aliphatic heterocycles. The molecule has 3 heteroatoms. The van der Waals surface area contributed by atoms with Crippen LogP contribution in [0.3, 0.4) is 0 Å². The van der Waals surface area contributed by atoms with E-state index in [9.17, 15) is 4.79 Å². The van der Waals surface area contributed by atoms with Gasteiger partial charge in [-0.3, -0.25) is 0 Å². The fourth-order valence-corrected chi connectivity index (χ4v) is 2.54. The number of halogens is 1. The first-order valence-electron chi connectivity index (χ1n) is 4.52. The molecule has 0 saturated carbocycles. The molecule has 15 heavy (non-hydrogen) atoms. The predicted octanol–water partition coefficient (Wildman–Crippen LogP) is 3.61. The van der Waals surface area contributed by atoms with Crippen LogP contribution in [0.5, 0.6) is 0 Å². The van der Waals surface area contributed by atoms with E-state index in [-0.39, 0.29) is 0 Å². The lowest BCUT2D eigenvalue weighted by Crippen LogP contribution is -2.01. The van der Waals surface area contributed by atoms with E-state index in [2.05, 4.69) is 15.9 Å². The Balaban J connectivity index is 2.90. The molecule has 0 aliphatic rings. The van der Waals surface area contributed by atoms with Crippen molar-refractivity contribution in [1.29, 1.82) is 0 Å². The van der Waals surface area contributed by atoms with Crippen LogP contribution in [0.15, 0.2) is 34.8 Å². The average molecular weight is 265 g/mol. The molecule has 2 rings (SSSR count). The van der Waals surface area contributed by atoms with E-state index in [0.29, 0.717) is 10.0 Å². The molecule has 0 spiro atoms. The number of carbonyl (C=O) groups is 1. The van der Waals surface area contributed by atoms with Gasteiger partial charge >= 0.3 is 5.97 Å². The number of aromatic carboxylic acids is 1. The van der Waals surface area contributed by atoms with Gasteiger partial charge in [0.25, 0.3) is 0 Å². The van der Waals surface area contributed by atoms with Crippen LogP contribution in [0.1, 0.15) is 15.9 Å². The van der Waals surface area contributed by atoms with Gasteiger partial charge in [0.2, 0.25) is 0 Å². The fourth-order valence-electron chi connectivity index (χ4n) is 1.70. The average Bonchev–Trinajstić information content (AvgIpc) is 2.17. The first-order chi connectivity index (χ1) is 7.11. The highest BCUT2D eigenvalue weighted by Gasteiger charge is 2.14. The van der Waals surface area contributed by atoms with Crippen LogP contribution in [0.4, 0.5) is 0 Å². The summed E-state index contributed by atoms with van der Waals surface area (Å²) >= 11 is 3.35. The molecule has 0 amide bonds. The van der Waals surface area contributed by atoms with Gasteiger partial charge < -0.3 is 5.11 Å². The molecule has 76 valence electrons. The zero-order valence-electron chi connectivity index (χ0n) is 8.12. The molecule has 1 N–H and O–H groups in total. The van der Waals surface area contributed by atoms with Crippen molar-refractivity contribution in [3.8, 4) is 0 Å². The lowest BCUT2D eigenvalue weighted by molar-refractivity contribution is 0.0695. The summed E-state index contributed by atoms with van der Waals surface area (Å²) < 4.78 is 0.658. The first-order valence-corrected chi connectivity index (χ1v) is 5.31. The lowest BCUT2D eigenvalue weighted by atomic mass is 10.0. The summed E-state index contributed by atoms with van der Waals surface area (Å²) in [5, 5.41) is 11.1. The number of fused-ring (bicyclic) bond motifs is 1. The molecular formula is C12H9BrO2. The molecule has 0 bridgehead atoms. The SMILES string of the molecule is Cc1cc2ccccc2c(Br)c1C(=O)O. The Labute approximate surface area is 95.7 Å². The Hall–Kier alpha value is -1.35. The molecule has 0 aliphatic carbocycles. The molecule has 2 nitrogen and oxygen atoms in total. The van der Waals surface area contributed by atoms with E-state index in [1.54, 1.807) is 6.92 Å². The molecule has 0 aromatic heterocycles. The summed E-state index contributed by atoms with van der Waals surface area (Å²) in [5.41, 5.74) is 1.11. The molecule has 0 fully saturated rings. The highest BCUT2D eigenvalue weighted by atomic mass is 79.9. The maximum Gasteiger partial charge on any atom is 0.337 e. The van der Waals surface area contributed by atoms with Crippen molar-refractivity contribution in [2.45, 2.75) is 6.92 Å². The minimum Gasteiger partial charge on any atom is -0.478 e. The van der Waals surface area contributed by atoms with E-state index >= 15 is 0 Å². The van der Waals surface area contributed by atoms with Crippen LogP contribution in [0.2, 0.25) is 0 Å². The van der Waals surface area contributed by atoms with Gasteiger partial charge in [-0.2, -0.15) is 0 Å². The first kappa shape index (κ1) is 10.2. The van der Waals surface area contributed by atoms with Crippen molar-refractivity contribution in [3.63, 3.8) is 0 Å². The smallest absolute Gasteiger partial charge is 0.337 e. The summed E-state index contributed by atoms with van der Waals surface area (Å²) in [6.45, 7) is 1.81. The fraction of sp³-hybridized carbons (Fsp3) is 0.0833. The number of rotatable bonds is 1. The van der Waals surface area contributed by atoms with Gasteiger partial charge in [-0.1, -0.05) is 30.3 Å². The Morgan fingerprint density at radius 1 is 1.33 bits per heavy atom. The summed E-state index contributed by atoms with van der Waals surface area (Å²) in [6, 6.07) is 9.61.